The number of piperidine rings is 1. The second kappa shape index (κ2) is 6.94. The van der Waals surface area contributed by atoms with Crippen molar-refractivity contribution in [3.05, 3.63) is 48.3 Å². The van der Waals surface area contributed by atoms with E-state index < -0.39 is 5.54 Å². The number of halogens is 1. The van der Waals surface area contributed by atoms with Gasteiger partial charge in [0.25, 0.3) is 5.91 Å². The van der Waals surface area contributed by atoms with Gasteiger partial charge >= 0.3 is 0 Å². The Hall–Kier alpha value is -1.85. The molecule has 1 fully saturated rings. The average molecular weight is 321 g/mol. The summed E-state index contributed by atoms with van der Waals surface area (Å²) in [5.74, 6) is 0.0157. The number of nitrogens with zero attached hydrogens (tertiary/aromatic N) is 2. The first-order valence-electron chi connectivity index (χ1n) is 7.30. The van der Waals surface area contributed by atoms with Crippen molar-refractivity contribution in [2.75, 3.05) is 18.4 Å². The normalized spacial score (nSPS) is 16.6. The van der Waals surface area contributed by atoms with Gasteiger partial charge in [-0.15, -0.1) is 12.4 Å². The van der Waals surface area contributed by atoms with E-state index in [1.807, 2.05) is 43.5 Å². The number of hydrogen-bond donors (Lipinski definition) is 2. The maximum absolute atomic E-state index is 12.9. The molecule has 0 spiro atoms. The average Bonchev–Trinajstić information content (AvgIpc) is 3.05. The molecule has 1 amide bonds. The molecule has 6 heteroatoms. The van der Waals surface area contributed by atoms with E-state index in [1.165, 1.54) is 0 Å². The molecule has 2 N–H and O–H groups in total. The summed E-state index contributed by atoms with van der Waals surface area (Å²) in [6.45, 7) is 3.64. The van der Waals surface area contributed by atoms with Crippen molar-refractivity contribution in [2.24, 2.45) is 0 Å². The van der Waals surface area contributed by atoms with Gasteiger partial charge in [0.05, 0.1) is 0 Å². The molecule has 0 aliphatic carbocycles. The summed E-state index contributed by atoms with van der Waals surface area (Å²) < 4.78 is 1.81. The number of nitrogens with one attached hydrogen (secondary N) is 2. The third kappa shape index (κ3) is 3.00. The van der Waals surface area contributed by atoms with Crippen molar-refractivity contribution in [3.63, 3.8) is 0 Å². The van der Waals surface area contributed by atoms with Crippen molar-refractivity contribution >= 4 is 24.0 Å². The van der Waals surface area contributed by atoms with E-state index in [4.69, 9.17) is 0 Å². The zero-order valence-corrected chi connectivity index (χ0v) is 13.4. The molecule has 0 bridgehead atoms. The third-order valence-electron chi connectivity index (χ3n) is 4.19. The van der Waals surface area contributed by atoms with Crippen LogP contribution in [-0.4, -0.2) is 28.8 Å². The highest BCUT2D eigenvalue weighted by atomic mass is 35.5. The van der Waals surface area contributed by atoms with Gasteiger partial charge in [-0.05, 0) is 50.6 Å². The molecule has 1 aromatic carbocycles. The Labute approximate surface area is 136 Å². The van der Waals surface area contributed by atoms with Gasteiger partial charge in [0, 0.05) is 18.1 Å². The highest BCUT2D eigenvalue weighted by Crippen LogP contribution is 2.29. The van der Waals surface area contributed by atoms with Crippen molar-refractivity contribution in [1.82, 2.24) is 15.1 Å². The predicted molar refractivity (Wildman–Crippen MR) is 89.4 cm³/mol. The Morgan fingerprint density at radius 2 is 2.00 bits per heavy atom. The molecule has 0 saturated carbocycles. The lowest BCUT2D eigenvalue weighted by Crippen LogP contribution is -2.52. The first-order valence-corrected chi connectivity index (χ1v) is 7.30. The smallest absolute Gasteiger partial charge is 0.252 e. The van der Waals surface area contributed by atoms with Gasteiger partial charge < -0.3 is 10.6 Å². The highest BCUT2D eigenvalue weighted by Gasteiger charge is 2.42. The van der Waals surface area contributed by atoms with Gasteiger partial charge in [-0.1, -0.05) is 18.2 Å². The van der Waals surface area contributed by atoms with Crippen molar-refractivity contribution in [1.29, 1.82) is 0 Å². The fourth-order valence-electron chi connectivity index (χ4n) is 2.87. The summed E-state index contributed by atoms with van der Waals surface area (Å²) in [7, 11) is 0. The number of anilines is 1. The maximum Gasteiger partial charge on any atom is 0.252 e. The summed E-state index contributed by atoms with van der Waals surface area (Å²) >= 11 is 0. The zero-order valence-electron chi connectivity index (χ0n) is 12.6. The number of amides is 1. The predicted octanol–water partition coefficient (Wildman–Crippen LogP) is 2.33. The molecule has 0 unspecified atom stereocenters. The van der Waals surface area contributed by atoms with Crippen LogP contribution in [0.4, 0.5) is 5.69 Å². The molecule has 3 rings (SSSR count). The molecule has 118 valence electrons. The number of aromatic nitrogens is 2. The van der Waals surface area contributed by atoms with Gasteiger partial charge in [0.15, 0.2) is 0 Å². The summed E-state index contributed by atoms with van der Waals surface area (Å²) in [5.41, 5.74) is 1.33. The Kier molecular flexibility index (Phi) is 5.21. The second-order valence-corrected chi connectivity index (χ2v) is 5.50. The topological polar surface area (TPSA) is 59.0 Å². The summed E-state index contributed by atoms with van der Waals surface area (Å²) in [4.78, 5) is 12.9. The third-order valence-corrected chi connectivity index (χ3v) is 4.19. The van der Waals surface area contributed by atoms with Crippen LogP contribution in [-0.2, 0) is 10.3 Å². The molecule has 0 atom stereocenters. The number of hydrogen-bond acceptors (Lipinski definition) is 3. The van der Waals surface area contributed by atoms with Crippen LogP contribution in [0.5, 0.6) is 0 Å². The Morgan fingerprint density at radius 3 is 2.64 bits per heavy atom. The maximum atomic E-state index is 12.9. The number of carbonyl (C=O) groups excluding carboxylic acids is 1. The fourth-order valence-corrected chi connectivity index (χ4v) is 2.87. The lowest BCUT2D eigenvalue weighted by atomic mass is 9.87. The van der Waals surface area contributed by atoms with Gasteiger partial charge in [0.2, 0.25) is 0 Å². The monoisotopic (exact) mass is 320 g/mol. The minimum Gasteiger partial charge on any atom is -0.324 e. The second-order valence-electron chi connectivity index (χ2n) is 5.50. The van der Waals surface area contributed by atoms with Crippen LogP contribution in [0.25, 0.3) is 0 Å². The first-order chi connectivity index (χ1) is 10.2. The summed E-state index contributed by atoms with van der Waals surface area (Å²) in [5, 5.41) is 10.7. The highest BCUT2D eigenvalue weighted by molar-refractivity contribution is 5.97. The van der Waals surface area contributed by atoms with Gasteiger partial charge in [-0.2, -0.15) is 5.10 Å². The number of benzene rings is 1. The van der Waals surface area contributed by atoms with Crippen LogP contribution in [0.1, 0.15) is 18.4 Å². The lowest BCUT2D eigenvalue weighted by Gasteiger charge is -2.36. The standard InChI is InChI=1S/C16H20N4O.ClH/c1-13-5-2-3-6-14(13)19-15(21)16(7-10-17-11-8-16)20-12-4-9-18-20;/h2-6,9,12,17H,7-8,10-11H2,1H3,(H,19,21);1H. The lowest BCUT2D eigenvalue weighted by molar-refractivity contribution is -0.126. The minimum absolute atomic E-state index is 0. The largest absolute Gasteiger partial charge is 0.324 e. The molecule has 1 aromatic heterocycles. The number of rotatable bonds is 3. The summed E-state index contributed by atoms with van der Waals surface area (Å²) in [6, 6.07) is 9.71. The van der Waals surface area contributed by atoms with Gasteiger partial charge in [-0.3, -0.25) is 9.48 Å². The van der Waals surface area contributed by atoms with Crippen molar-refractivity contribution < 1.29 is 4.79 Å². The SMILES string of the molecule is Cc1ccccc1NC(=O)C1(n2cccn2)CCNCC1.Cl. The van der Waals surface area contributed by atoms with E-state index in [0.29, 0.717) is 0 Å². The molecule has 0 radical (unpaired) electrons. The Bertz CT molecular complexity index is 621. The molecule has 2 heterocycles. The van der Waals surface area contributed by atoms with Crippen LogP contribution < -0.4 is 10.6 Å². The van der Waals surface area contributed by atoms with Crippen molar-refractivity contribution in [3.8, 4) is 0 Å². The van der Waals surface area contributed by atoms with E-state index in [-0.39, 0.29) is 18.3 Å². The molecule has 5 nitrogen and oxygen atoms in total. The molecule has 1 aliphatic rings. The van der Waals surface area contributed by atoms with Crippen molar-refractivity contribution in [2.45, 2.75) is 25.3 Å². The molecule has 1 saturated heterocycles. The van der Waals surface area contributed by atoms with Crippen LogP contribution in [0, 0.1) is 6.92 Å². The van der Waals surface area contributed by atoms with Gasteiger partial charge in [0.1, 0.15) is 5.54 Å². The van der Waals surface area contributed by atoms with Gasteiger partial charge in [-0.25, -0.2) is 0 Å². The van der Waals surface area contributed by atoms with E-state index in [0.717, 1.165) is 37.2 Å². The van der Waals surface area contributed by atoms with Crippen LogP contribution in [0.3, 0.4) is 0 Å². The molecule has 2 aromatic rings. The molecule has 22 heavy (non-hydrogen) atoms. The van der Waals surface area contributed by atoms with E-state index in [9.17, 15) is 4.79 Å². The number of carbonyl (C=O) groups is 1. The molecule has 1 aliphatic heterocycles. The van der Waals surface area contributed by atoms with E-state index in [2.05, 4.69) is 15.7 Å². The Balaban J connectivity index is 0.00000176. The number of aryl methyl sites for hydroxylation is 1. The molecular formula is C16H21ClN4O. The van der Waals surface area contributed by atoms with E-state index >= 15 is 0 Å². The fraction of sp³-hybridized carbons (Fsp3) is 0.375. The van der Waals surface area contributed by atoms with Crippen LogP contribution in [0.2, 0.25) is 0 Å². The number of para-hydroxylation sites is 1. The Morgan fingerprint density at radius 1 is 1.27 bits per heavy atom. The van der Waals surface area contributed by atoms with Crippen LogP contribution in [0.15, 0.2) is 42.7 Å². The van der Waals surface area contributed by atoms with E-state index in [1.54, 1.807) is 10.9 Å². The first kappa shape index (κ1) is 16.5. The minimum atomic E-state index is -0.600. The van der Waals surface area contributed by atoms with Crippen LogP contribution >= 0.6 is 12.4 Å². The summed E-state index contributed by atoms with van der Waals surface area (Å²) in [6.07, 6.45) is 5.09. The quantitative estimate of drug-likeness (QED) is 0.912. The zero-order chi connectivity index (χ0) is 14.7. The molecular weight excluding hydrogens is 300 g/mol.